The first-order valence-corrected chi connectivity index (χ1v) is 8.12. The van der Waals surface area contributed by atoms with Crippen molar-refractivity contribution in [2.24, 2.45) is 5.10 Å². The monoisotopic (exact) mass is 348 g/mol. The van der Waals surface area contributed by atoms with Crippen molar-refractivity contribution in [3.8, 4) is 22.8 Å². The van der Waals surface area contributed by atoms with E-state index in [1.165, 1.54) is 0 Å². The van der Waals surface area contributed by atoms with E-state index < -0.39 is 0 Å². The zero-order chi connectivity index (χ0) is 18.4. The van der Waals surface area contributed by atoms with Crippen LogP contribution in [0.4, 0.5) is 5.95 Å². The van der Waals surface area contributed by atoms with Crippen LogP contribution in [-0.2, 0) is 0 Å². The van der Waals surface area contributed by atoms with E-state index in [4.69, 9.17) is 9.47 Å². The van der Waals surface area contributed by atoms with E-state index in [-0.39, 0.29) is 0 Å². The van der Waals surface area contributed by atoms with Crippen LogP contribution in [0, 0.1) is 6.92 Å². The van der Waals surface area contributed by atoms with Gasteiger partial charge in [0.25, 0.3) is 0 Å². The highest BCUT2D eigenvalue weighted by atomic mass is 16.5. The molecule has 0 atom stereocenters. The van der Waals surface area contributed by atoms with Crippen LogP contribution in [0.25, 0.3) is 11.3 Å². The number of methoxy groups -OCH3 is 2. The van der Waals surface area contributed by atoms with Crippen LogP contribution in [0.2, 0.25) is 0 Å². The lowest BCUT2D eigenvalue weighted by Gasteiger charge is -2.07. The Bertz CT molecular complexity index is 911. The average Bonchev–Trinajstić information content (AvgIpc) is 2.68. The molecule has 0 radical (unpaired) electrons. The van der Waals surface area contributed by atoms with Crippen molar-refractivity contribution < 1.29 is 9.47 Å². The van der Waals surface area contributed by atoms with Gasteiger partial charge in [-0.15, -0.1) is 0 Å². The Hall–Kier alpha value is -3.41. The van der Waals surface area contributed by atoms with Crippen LogP contribution in [-0.4, -0.2) is 30.4 Å². The van der Waals surface area contributed by atoms with Gasteiger partial charge in [0.1, 0.15) is 11.5 Å². The summed E-state index contributed by atoms with van der Waals surface area (Å²) in [5.74, 6) is 1.83. The zero-order valence-corrected chi connectivity index (χ0v) is 14.9. The molecule has 1 aromatic heterocycles. The Labute approximate surface area is 152 Å². The van der Waals surface area contributed by atoms with Crippen molar-refractivity contribution in [3.05, 3.63) is 65.9 Å². The van der Waals surface area contributed by atoms with Gasteiger partial charge in [0.05, 0.1) is 26.1 Å². The normalized spacial score (nSPS) is 10.7. The minimum absolute atomic E-state index is 0.438. The van der Waals surface area contributed by atoms with Crippen LogP contribution in [0.1, 0.15) is 11.3 Å². The number of nitrogens with zero attached hydrogens (tertiary/aromatic N) is 3. The molecule has 1 N–H and O–H groups in total. The lowest BCUT2D eigenvalue weighted by Crippen LogP contribution is -2.00. The van der Waals surface area contributed by atoms with E-state index in [1.54, 1.807) is 26.5 Å². The summed E-state index contributed by atoms with van der Waals surface area (Å²) >= 11 is 0. The fourth-order valence-electron chi connectivity index (χ4n) is 2.46. The first-order chi connectivity index (χ1) is 12.7. The second kappa shape index (κ2) is 8.11. The van der Waals surface area contributed by atoms with Crippen molar-refractivity contribution in [1.29, 1.82) is 0 Å². The summed E-state index contributed by atoms with van der Waals surface area (Å²) in [7, 11) is 3.22. The van der Waals surface area contributed by atoms with Crippen LogP contribution >= 0.6 is 0 Å². The first-order valence-electron chi connectivity index (χ1n) is 8.12. The first kappa shape index (κ1) is 17.4. The van der Waals surface area contributed by atoms with Gasteiger partial charge in [-0.3, -0.25) is 0 Å². The summed E-state index contributed by atoms with van der Waals surface area (Å²) in [6.45, 7) is 1.93. The zero-order valence-electron chi connectivity index (χ0n) is 14.9. The predicted molar refractivity (Wildman–Crippen MR) is 103 cm³/mol. The number of rotatable bonds is 6. The molecule has 0 amide bonds. The lowest BCUT2D eigenvalue weighted by atomic mass is 10.1. The number of aromatic nitrogens is 2. The summed E-state index contributed by atoms with van der Waals surface area (Å²) in [5.41, 5.74) is 6.44. The number of nitrogens with one attached hydrogen (secondary N) is 1. The summed E-state index contributed by atoms with van der Waals surface area (Å²) in [6.07, 6.45) is 1.66. The highest BCUT2D eigenvalue weighted by molar-refractivity contribution is 5.84. The topological polar surface area (TPSA) is 68.6 Å². The minimum Gasteiger partial charge on any atom is -0.497 e. The van der Waals surface area contributed by atoms with Crippen molar-refractivity contribution >= 4 is 12.2 Å². The van der Waals surface area contributed by atoms with Crippen molar-refractivity contribution in [2.45, 2.75) is 6.92 Å². The molecule has 26 heavy (non-hydrogen) atoms. The van der Waals surface area contributed by atoms with Gasteiger partial charge in [0.15, 0.2) is 0 Å². The summed E-state index contributed by atoms with van der Waals surface area (Å²) < 4.78 is 10.6. The van der Waals surface area contributed by atoms with Crippen molar-refractivity contribution in [1.82, 2.24) is 9.97 Å². The molecule has 6 heteroatoms. The smallest absolute Gasteiger partial charge is 0.244 e. The summed E-state index contributed by atoms with van der Waals surface area (Å²) in [5, 5.41) is 4.23. The molecule has 1 heterocycles. The SMILES string of the molecule is COc1ccc(/C=N/Nc2nc(C)cc(-c3ccccc3)n2)c(OC)c1. The number of benzene rings is 2. The number of ether oxygens (including phenoxy) is 2. The summed E-state index contributed by atoms with van der Waals surface area (Å²) in [6, 6.07) is 17.4. The number of aryl methyl sites for hydroxylation is 1. The Morgan fingerprint density at radius 2 is 1.77 bits per heavy atom. The highest BCUT2D eigenvalue weighted by Crippen LogP contribution is 2.23. The molecular weight excluding hydrogens is 328 g/mol. The Balaban J connectivity index is 1.80. The maximum Gasteiger partial charge on any atom is 0.244 e. The number of hydrogen-bond donors (Lipinski definition) is 1. The molecular formula is C20H20N4O2. The second-order valence-electron chi connectivity index (χ2n) is 5.56. The van der Waals surface area contributed by atoms with Gasteiger partial charge in [-0.2, -0.15) is 5.10 Å². The van der Waals surface area contributed by atoms with Gasteiger partial charge in [-0.1, -0.05) is 30.3 Å². The molecule has 0 unspecified atom stereocenters. The van der Waals surface area contributed by atoms with Crippen molar-refractivity contribution in [3.63, 3.8) is 0 Å². The van der Waals surface area contributed by atoms with E-state index >= 15 is 0 Å². The third-order valence-electron chi connectivity index (χ3n) is 3.73. The van der Waals surface area contributed by atoms with Crippen molar-refractivity contribution in [2.75, 3.05) is 19.6 Å². The van der Waals surface area contributed by atoms with Gasteiger partial charge < -0.3 is 9.47 Å². The second-order valence-corrected chi connectivity index (χ2v) is 5.56. The van der Waals surface area contributed by atoms with E-state index in [9.17, 15) is 0 Å². The molecule has 0 aliphatic carbocycles. The molecule has 0 aliphatic rings. The van der Waals surface area contributed by atoms with Crippen LogP contribution < -0.4 is 14.9 Å². The molecule has 132 valence electrons. The van der Waals surface area contributed by atoms with Gasteiger partial charge in [-0.05, 0) is 25.1 Å². The third-order valence-corrected chi connectivity index (χ3v) is 3.73. The molecule has 0 saturated carbocycles. The van der Waals surface area contributed by atoms with E-state index in [0.717, 1.165) is 28.3 Å². The fourth-order valence-corrected chi connectivity index (χ4v) is 2.46. The Morgan fingerprint density at radius 1 is 0.962 bits per heavy atom. The van der Waals surface area contributed by atoms with Gasteiger partial charge in [0, 0.05) is 22.9 Å². The van der Waals surface area contributed by atoms with Crippen LogP contribution in [0.15, 0.2) is 59.7 Å². The van der Waals surface area contributed by atoms with Crippen LogP contribution in [0.5, 0.6) is 11.5 Å². The Morgan fingerprint density at radius 3 is 2.50 bits per heavy atom. The quantitative estimate of drug-likeness (QED) is 0.540. The standard InChI is InChI=1S/C20H20N4O2/c1-14-11-18(15-7-5-4-6-8-15)23-20(22-14)24-21-13-16-9-10-17(25-2)12-19(16)26-3/h4-13H,1-3H3,(H,22,23,24)/b21-13+. The molecule has 6 nitrogen and oxygen atoms in total. The lowest BCUT2D eigenvalue weighted by molar-refractivity contribution is 0.394. The molecule has 3 aromatic rings. The van der Waals surface area contributed by atoms with Gasteiger partial charge in [-0.25, -0.2) is 15.4 Å². The van der Waals surface area contributed by atoms with E-state index in [2.05, 4.69) is 20.5 Å². The maximum atomic E-state index is 5.36. The Kier molecular flexibility index (Phi) is 5.43. The predicted octanol–water partition coefficient (Wildman–Crippen LogP) is 3.92. The number of hydrazone groups is 1. The third kappa shape index (κ3) is 4.16. The van der Waals surface area contributed by atoms with Gasteiger partial charge in [0.2, 0.25) is 5.95 Å². The highest BCUT2D eigenvalue weighted by Gasteiger charge is 2.05. The minimum atomic E-state index is 0.438. The maximum absolute atomic E-state index is 5.36. The largest absolute Gasteiger partial charge is 0.497 e. The van der Waals surface area contributed by atoms with Crippen LogP contribution in [0.3, 0.4) is 0 Å². The molecule has 0 fully saturated rings. The fraction of sp³-hybridized carbons (Fsp3) is 0.150. The van der Waals surface area contributed by atoms with E-state index in [0.29, 0.717) is 11.7 Å². The average molecular weight is 348 g/mol. The molecule has 2 aromatic carbocycles. The molecule has 0 saturated heterocycles. The molecule has 0 bridgehead atoms. The number of hydrogen-bond acceptors (Lipinski definition) is 6. The van der Waals surface area contributed by atoms with E-state index in [1.807, 2.05) is 55.5 Å². The number of anilines is 1. The molecule has 0 spiro atoms. The summed E-state index contributed by atoms with van der Waals surface area (Å²) in [4.78, 5) is 8.89. The molecule has 0 aliphatic heterocycles. The molecule has 3 rings (SSSR count). The van der Waals surface area contributed by atoms with Gasteiger partial charge >= 0.3 is 0 Å².